The molecule has 1 aromatic carbocycles. The predicted octanol–water partition coefficient (Wildman–Crippen LogP) is 3.91. The molecule has 8 heteroatoms. The summed E-state index contributed by atoms with van der Waals surface area (Å²) in [6.07, 6.45) is 5.48. The van der Waals surface area contributed by atoms with Crippen LogP contribution in [0, 0.1) is 28.6 Å². The van der Waals surface area contributed by atoms with Gasteiger partial charge in [0.05, 0.1) is 23.7 Å². The van der Waals surface area contributed by atoms with Gasteiger partial charge in [-0.2, -0.15) is 15.6 Å². The first-order valence-electron chi connectivity index (χ1n) is 12.1. The molecule has 1 saturated heterocycles. The molecule has 8 nitrogen and oxygen atoms in total. The van der Waals surface area contributed by atoms with Crippen molar-refractivity contribution >= 4 is 11.8 Å². The number of piperidine rings is 1. The molecule has 0 N–H and O–H groups in total. The monoisotopic (exact) mass is 458 g/mol. The molecule has 1 fully saturated rings. The first-order chi connectivity index (χ1) is 16.5. The molecular weight excluding hydrogens is 428 g/mol. The minimum atomic E-state index is -0.169. The number of carbonyl (C=O) groups is 2. The normalized spacial score (nSPS) is 18.3. The van der Waals surface area contributed by atoms with Gasteiger partial charge in [-0.05, 0) is 37.0 Å². The Morgan fingerprint density at radius 1 is 1.15 bits per heavy atom. The lowest BCUT2D eigenvalue weighted by Gasteiger charge is -2.33. The summed E-state index contributed by atoms with van der Waals surface area (Å²) in [6.45, 7) is 4.23. The van der Waals surface area contributed by atoms with Crippen LogP contribution in [0.5, 0.6) is 0 Å². The fraction of sp³-hybridized carbons (Fsp3) is 0.500. The van der Waals surface area contributed by atoms with E-state index in [9.17, 15) is 9.59 Å². The fourth-order valence-corrected chi connectivity index (χ4v) is 4.77. The van der Waals surface area contributed by atoms with Crippen molar-refractivity contribution in [1.82, 2.24) is 19.6 Å². The van der Waals surface area contributed by atoms with Crippen molar-refractivity contribution < 1.29 is 9.59 Å². The van der Waals surface area contributed by atoms with Crippen molar-refractivity contribution in [2.24, 2.45) is 5.92 Å². The summed E-state index contributed by atoms with van der Waals surface area (Å²) in [5, 5.41) is 22.8. The highest BCUT2D eigenvalue weighted by Gasteiger charge is 2.35. The van der Waals surface area contributed by atoms with E-state index in [0.717, 1.165) is 31.2 Å². The number of hydrogen-bond donors (Lipinski definition) is 0. The third-order valence-corrected chi connectivity index (χ3v) is 6.80. The summed E-state index contributed by atoms with van der Waals surface area (Å²) in [6, 6.07) is 13.3. The zero-order valence-electron chi connectivity index (χ0n) is 19.6. The molecule has 2 aliphatic heterocycles. The van der Waals surface area contributed by atoms with E-state index >= 15 is 0 Å². The maximum absolute atomic E-state index is 13.4. The van der Waals surface area contributed by atoms with Crippen LogP contribution in [0.1, 0.15) is 83.6 Å². The lowest BCUT2D eigenvalue weighted by Crippen LogP contribution is -2.42. The van der Waals surface area contributed by atoms with Gasteiger partial charge in [0.2, 0.25) is 0 Å². The van der Waals surface area contributed by atoms with E-state index in [-0.39, 0.29) is 23.8 Å². The number of aromatic nitrogens is 2. The topological polar surface area (TPSA) is 106 Å². The van der Waals surface area contributed by atoms with Crippen molar-refractivity contribution in [3.63, 3.8) is 0 Å². The highest BCUT2D eigenvalue weighted by Crippen LogP contribution is 2.28. The Kier molecular flexibility index (Phi) is 7.27. The van der Waals surface area contributed by atoms with Gasteiger partial charge in [-0.1, -0.05) is 38.3 Å². The number of hydrogen-bond acceptors (Lipinski definition) is 5. The van der Waals surface area contributed by atoms with Gasteiger partial charge in [0.15, 0.2) is 5.69 Å². The third-order valence-electron chi connectivity index (χ3n) is 6.80. The van der Waals surface area contributed by atoms with Gasteiger partial charge in [-0.15, -0.1) is 0 Å². The van der Waals surface area contributed by atoms with Crippen molar-refractivity contribution in [3.8, 4) is 12.1 Å². The molecule has 4 rings (SSSR count). The number of amides is 2. The van der Waals surface area contributed by atoms with Gasteiger partial charge >= 0.3 is 0 Å². The average molecular weight is 459 g/mol. The van der Waals surface area contributed by atoms with Gasteiger partial charge in [0.1, 0.15) is 5.69 Å². The van der Waals surface area contributed by atoms with Gasteiger partial charge in [-0.3, -0.25) is 14.3 Å². The molecule has 0 spiro atoms. The number of nitrogens with zero attached hydrogens (tertiary/aromatic N) is 6. The number of benzene rings is 1. The second kappa shape index (κ2) is 10.5. The van der Waals surface area contributed by atoms with E-state index in [1.807, 2.05) is 17.0 Å². The number of nitriles is 2. The van der Waals surface area contributed by atoms with Crippen LogP contribution < -0.4 is 0 Å². The summed E-state index contributed by atoms with van der Waals surface area (Å²) in [5.74, 6) is -0.303. The molecule has 2 aliphatic rings. The summed E-state index contributed by atoms with van der Waals surface area (Å²) >= 11 is 0. The van der Waals surface area contributed by atoms with Crippen LogP contribution in [0.4, 0.5) is 0 Å². The highest BCUT2D eigenvalue weighted by molar-refractivity contribution is 5.98. The van der Waals surface area contributed by atoms with Gasteiger partial charge in [0, 0.05) is 38.2 Å². The minimum Gasteiger partial charge on any atom is -0.337 e. The Hall–Kier alpha value is -3.65. The molecule has 34 heavy (non-hydrogen) atoms. The van der Waals surface area contributed by atoms with E-state index in [4.69, 9.17) is 10.5 Å². The molecule has 1 atom stereocenters. The summed E-state index contributed by atoms with van der Waals surface area (Å²) in [4.78, 5) is 30.1. The van der Waals surface area contributed by atoms with Crippen LogP contribution >= 0.6 is 0 Å². The predicted molar refractivity (Wildman–Crippen MR) is 126 cm³/mol. The molecule has 0 saturated carbocycles. The summed E-state index contributed by atoms with van der Waals surface area (Å²) in [5.41, 5.74) is 2.31. The first kappa shape index (κ1) is 23.5. The maximum Gasteiger partial charge on any atom is 0.274 e. The lowest BCUT2D eigenvalue weighted by molar-refractivity contribution is 0.0630. The van der Waals surface area contributed by atoms with Crippen molar-refractivity contribution in [2.75, 3.05) is 19.6 Å². The first-order valence-corrected chi connectivity index (χ1v) is 12.1. The van der Waals surface area contributed by atoms with E-state index in [1.165, 1.54) is 0 Å². The molecule has 0 bridgehead atoms. The maximum atomic E-state index is 13.4. The fourth-order valence-electron chi connectivity index (χ4n) is 4.77. The Labute approximate surface area is 200 Å². The van der Waals surface area contributed by atoms with Crippen LogP contribution in [0.25, 0.3) is 0 Å². The standard InChI is InChI=1S/C26H30N6O2/c1-2-3-4-5-22-18-31(17-21-8-6-19(15-27)7-9-21)26(34)24-14-23(29-32(22)24)25(33)30-12-10-20(16-28)11-13-30/h6-9,14,20,22H,2-5,10-13,17-18H2,1H3. The van der Waals surface area contributed by atoms with Crippen molar-refractivity contribution in [1.29, 1.82) is 10.5 Å². The molecule has 3 heterocycles. The number of carbonyl (C=O) groups excluding carboxylic acids is 2. The van der Waals surface area contributed by atoms with Crippen LogP contribution in [0.2, 0.25) is 0 Å². The van der Waals surface area contributed by atoms with Crippen LogP contribution in [0.3, 0.4) is 0 Å². The quantitative estimate of drug-likeness (QED) is 0.585. The number of unbranched alkanes of at least 4 members (excludes halogenated alkanes) is 2. The Morgan fingerprint density at radius 2 is 1.88 bits per heavy atom. The van der Waals surface area contributed by atoms with Crippen LogP contribution in [-0.4, -0.2) is 51.0 Å². The SMILES string of the molecule is CCCCCC1CN(Cc2ccc(C#N)cc2)C(=O)c2cc(C(=O)N3CCC(C#N)CC3)nn21. The van der Waals surface area contributed by atoms with Crippen LogP contribution in [-0.2, 0) is 6.54 Å². The summed E-state index contributed by atoms with van der Waals surface area (Å²) in [7, 11) is 0. The van der Waals surface area contributed by atoms with E-state index in [2.05, 4.69) is 24.2 Å². The second-order valence-electron chi connectivity index (χ2n) is 9.20. The van der Waals surface area contributed by atoms with Gasteiger partial charge in [0.25, 0.3) is 11.8 Å². The second-order valence-corrected chi connectivity index (χ2v) is 9.20. The largest absolute Gasteiger partial charge is 0.337 e. The third kappa shape index (κ3) is 4.97. The summed E-state index contributed by atoms with van der Waals surface area (Å²) < 4.78 is 1.77. The van der Waals surface area contributed by atoms with E-state index in [1.54, 1.807) is 27.8 Å². The average Bonchev–Trinajstić information content (AvgIpc) is 3.33. The van der Waals surface area contributed by atoms with Gasteiger partial charge in [-0.25, -0.2) is 0 Å². The lowest BCUT2D eigenvalue weighted by atomic mass is 9.98. The smallest absolute Gasteiger partial charge is 0.274 e. The molecule has 1 aromatic heterocycles. The zero-order chi connectivity index (χ0) is 24.1. The number of fused-ring (bicyclic) bond motifs is 1. The minimum absolute atomic E-state index is 0.000408. The molecule has 2 aromatic rings. The number of likely N-dealkylation sites (tertiary alicyclic amines) is 1. The van der Waals surface area contributed by atoms with Crippen molar-refractivity contribution in [3.05, 3.63) is 52.8 Å². The Bertz CT molecular complexity index is 1120. The van der Waals surface area contributed by atoms with E-state index in [0.29, 0.717) is 56.0 Å². The van der Waals surface area contributed by atoms with Crippen molar-refractivity contribution in [2.45, 2.75) is 58.0 Å². The van der Waals surface area contributed by atoms with E-state index < -0.39 is 0 Å². The molecule has 176 valence electrons. The van der Waals surface area contributed by atoms with Crippen LogP contribution in [0.15, 0.2) is 30.3 Å². The molecule has 2 amide bonds. The zero-order valence-corrected chi connectivity index (χ0v) is 19.6. The molecule has 0 aliphatic carbocycles. The number of rotatable bonds is 7. The Morgan fingerprint density at radius 3 is 2.53 bits per heavy atom. The Balaban J connectivity index is 1.56. The highest BCUT2D eigenvalue weighted by atomic mass is 16.2. The molecule has 1 unspecified atom stereocenters. The molecular formula is C26H30N6O2. The van der Waals surface area contributed by atoms with Gasteiger partial charge < -0.3 is 9.80 Å². The molecule has 0 radical (unpaired) electrons.